The lowest BCUT2D eigenvalue weighted by atomic mass is 10.2. The van der Waals surface area contributed by atoms with Crippen LogP contribution in [0.4, 0.5) is 0 Å². The first-order valence-electron chi connectivity index (χ1n) is 7.54. The monoisotopic (exact) mass is 300 g/mol. The number of carbonyl (C=O) groups is 1. The smallest absolute Gasteiger partial charge is 0.275 e. The van der Waals surface area contributed by atoms with Crippen molar-refractivity contribution in [3.8, 4) is 5.75 Å². The Morgan fingerprint density at radius 2 is 2.18 bits per heavy atom. The number of likely N-dealkylation sites (N-methyl/N-ethyl adjacent to an activating group) is 1. The number of aryl methyl sites for hydroxylation is 1. The fraction of sp³-hybridized carbons (Fsp3) is 0.412. The van der Waals surface area contributed by atoms with Crippen molar-refractivity contribution in [3.63, 3.8) is 0 Å². The summed E-state index contributed by atoms with van der Waals surface area (Å²) >= 11 is 0. The Kier molecular flexibility index (Phi) is 4.13. The molecule has 0 radical (unpaired) electrons. The van der Waals surface area contributed by atoms with Crippen LogP contribution >= 0.6 is 0 Å². The first-order valence-corrected chi connectivity index (χ1v) is 7.54. The van der Waals surface area contributed by atoms with Gasteiger partial charge >= 0.3 is 0 Å². The average Bonchev–Trinajstić information content (AvgIpc) is 3.25. The number of carbonyl (C=O) groups excluding carboxylic acids is 1. The van der Waals surface area contributed by atoms with Crippen molar-refractivity contribution in [1.29, 1.82) is 0 Å². The predicted molar refractivity (Wildman–Crippen MR) is 82.1 cm³/mol. The van der Waals surface area contributed by atoms with E-state index in [4.69, 9.17) is 9.15 Å². The van der Waals surface area contributed by atoms with Crippen LogP contribution in [-0.4, -0.2) is 36.0 Å². The highest BCUT2D eigenvalue weighted by atomic mass is 16.5. The van der Waals surface area contributed by atoms with Crippen molar-refractivity contribution in [2.24, 2.45) is 0 Å². The average molecular weight is 300 g/mol. The van der Waals surface area contributed by atoms with E-state index in [-0.39, 0.29) is 5.91 Å². The number of amides is 1. The quantitative estimate of drug-likeness (QED) is 0.823. The molecular weight excluding hydrogens is 280 g/mol. The molecule has 1 aromatic carbocycles. The molecule has 1 aliphatic rings. The van der Waals surface area contributed by atoms with Crippen LogP contribution in [0.5, 0.6) is 5.75 Å². The van der Waals surface area contributed by atoms with Gasteiger partial charge in [-0.2, -0.15) is 0 Å². The number of para-hydroxylation sites is 1. The Balaban J connectivity index is 1.55. The maximum atomic E-state index is 12.4. The fourth-order valence-electron chi connectivity index (χ4n) is 2.34. The van der Waals surface area contributed by atoms with E-state index in [1.807, 2.05) is 31.2 Å². The van der Waals surface area contributed by atoms with Crippen molar-refractivity contribution in [3.05, 3.63) is 47.7 Å². The lowest BCUT2D eigenvalue weighted by molar-refractivity contribution is 0.0766. The third kappa shape index (κ3) is 3.13. The standard InChI is InChI=1S/C17H20N2O3/c1-12-5-3-4-6-14(12)21-10-9-19(2)17(20)15-16(13-7-8-13)22-11-18-15/h3-6,11,13H,7-10H2,1-2H3. The number of rotatable bonds is 6. The summed E-state index contributed by atoms with van der Waals surface area (Å²) in [6.07, 6.45) is 3.52. The maximum Gasteiger partial charge on any atom is 0.275 e. The molecule has 0 saturated heterocycles. The summed E-state index contributed by atoms with van der Waals surface area (Å²) in [7, 11) is 1.76. The van der Waals surface area contributed by atoms with Crippen LogP contribution in [0, 0.1) is 6.92 Å². The van der Waals surface area contributed by atoms with Gasteiger partial charge in [0, 0.05) is 13.0 Å². The van der Waals surface area contributed by atoms with Gasteiger partial charge in [-0.15, -0.1) is 0 Å². The number of hydrogen-bond acceptors (Lipinski definition) is 4. The second-order valence-corrected chi connectivity index (χ2v) is 5.68. The van der Waals surface area contributed by atoms with Gasteiger partial charge in [0.2, 0.25) is 0 Å². The Bertz CT molecular complexity index is 661. The lowest BCUT2D eigenvalue weighted by Gasteiger charge is -2.17. The molecule has 0 N–H and O–H groups in total. The molecule has 1 heterocycles. The molecule has 0 spiro atoms. The number of benzene rings is 1. The van der Waals surface area contributed by atoms with Crippen LogP contribution in [0.2, 0.25) is 0 Å². The number of hydrogen-bond donors (Lipinski definition) is 0. The van der Waals surface area contributed by atoms with Crippen LogP contribution in [0.15, 0.2) is 35.1 Å². The van der Waals surface area contributed by atoms with Gasteiger partial charge < -0.3 is 14.1 Å². The molecule has 116 valence electrons. The van der Waals surface area contributed by atoms with Gasteiger partial charge in [0.1, 0.15) is 18.1 Å². The molecule has 2 aromatic rings. The molecule has 0 atom stereocenters. The van der Waals surface area contributed by atoms with Crippen molar-refractivity contribution in [2.75, 3.05) is 20.2 Å². The number of oxazole rings is 1. The molecule has 5 heteroatoms. The van der Waals surface area contributed by atoms with Crippen molar-refractivity contribution in [1.82, 2.24) is 9.88 Å². The number of ether oxygens (including phenoxy) is 1. The zero-order chi connectivity index (χ0) is 15.5. The summed E-state index contributed by atoms with van der Waals surface area (Å²) in [4.78, 5) is 18.1. The molecule has 1 aliphatic carbocycles. The van der Waals surface area contributed by atoms with Crippen LogP contribution in [0.3, 0.4) is 0 Å². The van der Waals surface area contributed by atoms with Gasteiger partial charge in [-0.1, -0.05) is 18.2 Å². The minimum absolute atomic E-state index is 0.107. The molecule has 0 aliphatic heterocycles. The summed E-state index contributed by atoms with van der Waals surface area (Å²) in [5.41, 5.74) is 1.53. The highest BCUT2D eigenvalue weighted by molar-refractivity contribution is 5.93. The lowest BCUT2D eigenvalue weighted by Crippen LogP contribution is -2.31. The van der Waals surface area contributed by atoms with Crippen LogP contribution in [0.1, 0.15) is 40.6 Å². The second kappa shape index (κ2) is 6.22. The third-order valence-corrected chi connectivity index (χ3v) is 3.87. The summed E-state index contributed by atoms with van der Waals surface area (Å²) in [5, 5.41) is 0. The summed E-state index contributed by atoms with van der Waals surface area (Å²) < 4.78 is 11.1. The number of nitrogens with zero attached hydrogens (tertiary/aromatic N) is 2. The van der Waals surface area contributed by atoms with Crippen LogP contribution in [0.25, 0.3) is 0 Å². The van der Waals surface area contributed by atoms with E-state index >= 15 is 0 Å². The van der Waals surface area contributed by atoms with Crippen molar-refractivity contribution >= 4 is 5.91 Å². The van der Waals surface area contributed by atoms with E-state index in [0.29, 0.717) is 24.8 Å². The largest absolute Gasteiger partial charge is 0.491 e. The molecule has 1 fully saturated rings. The highest BCUT2D eigenvalue weighted by Gasteiger charge is 2.33. The van der Waals surface area contributed by atoms with E-state index in [1.165, 1.54) is 6.39 Å². The van der Waals surface area contributed by atoms with Gasteiger partial charge in [0.25, 0.3) is 5.91 Å². The molecule has 0 unspecified atom stereocenters. The summed E-state index contributed by atoms with van der Waals surface area (Å²) in [6, 6.07) is 7.85. The maximum absolute atomic E-state index is 12.4. The van der Waals surface area contributed by atoms with Gasteiger partial charge in [-0.05, 0) is 31.4 Å². The van der Waals surface area contributed by atoms with Crippen LogP contribution < -0.4 is 4.74 Å². The molecule has 1 saturated carbocycles. The van der Waals surface area contributed by atoms with E-state index < -0.39 is 0 Å². The Morgan fingerprint density at radius 1 is 1.41 bits per heavy atom. The minimum Gasteiger partial charge on any atom is -0.491 e. The minimum atomic E-state index is -0.107. The zero-order valence-corrected chi connectivity index (χ0v) is 12.9. The Labute approximate surface area is 129 Å². The fourth-order valence-corrected chi connectivity index (χ4v) is 2.34. The van der Waals surface area contributed by atoms with Gasteiger partial charge in [0.05, 0.1) is 6.54 Å². The SMILES string of the molecule is Cc1ccccc1OCCN(C)C(=O)c1ncoc1C1CC1. The normalized spacial score (nSPS) is 13.9. The first kappa shape index (κ1) is 14.6. The summed E-state index contributed by atoms with van der Waals surface area (Å²) in [5.74, 6) is 1.85. The van der Waals surface area contributed by atoms with E-state index in [2.05, 4.69) is 4.98 Å². The Morgan fingerprint density at radius 3 is 2.91 bits per heavy atom. The molecule has 0 bridgehead atoms. The highest BCUT2D eigenvalue weighted by Crippen LogP contribution is 2.41. The molecule has 22 heavy (non-hydrogen) atoms. The summed E-state index contributed by atoms with van der Waals surface area (Å²) in [6.45, 7) is 2.95. The molecular formula is C17H20N2O3. The topological polar surface area (TPSA) is 55.6 Å². The third-order valence-electron chi connectivity index (χ3n) is 3.87. The van der Waals surface area contributed by atoms with Crippen molar-refractivity contribution in [2.45, 2.75) is 25.7 Å². The molecule has 5 nitrogen and oxygen atoms in total. The molecule has 3 rings (SSSR count). The van der Waals surface area contributed by atoms with E-state index in [9.17, 15) is 4.79 Å². The predicted octanol–water partition coefficient (Wildman–Crippen LogP) is 3.01. The van der Waals surface area contributed by atoms with E-state index in [0.717, 1.165) is 29.9 Å². The van der Waals surface area contributed by atoms with Gasteiger partial charge in [0.15, 0.2) is 12.1 Å². The Hall–Kier alpha value is -2.30. The van der Waals surface area contributed by atoms with Gasteiger partial charge in [-0.3, -0.25) is 4.79 Å². The zero-order valence-electron chi connectivity index (χ0n) is 12.9. The van der Waals surface area contributed by atoms with Crippen molar-refractivity contribution < 1.29 is 13.9 Å². The van der Waals surface area contributed by atoms with Gasteiger partial charge in [-0.25, -0.2) is 4.98 Å². The first-order chi connectivity index (χ1) is 10.7. The van der Waals surface area contributed by atoms with Crippen LogP contribution in [-0.2, 0) is 0 Å². The molecule has 1 amide bonds. The second-order valence-electron chi connectivity index (χ2n) is 5.68. The van der Waals surface area contributed by atoms with E-state index in [1.54, 1.807) is 11.9 Å². The molecule has 1 aromatic heterocycles. The number of aromatic nitrogens is 1.